The van der Waals surface area contributed by atoms with Crippen LogP contribution in [0.15, 0.2) is 23.1 Å². The lowest BCUT2D eigenvalue weighted by atomic mass is 9.47. The molecule has 33 heavy (non-hydrogen) atoms. The van der Waals surface area contributed by atoms with Gasteiger partial charge in [0.1, 0.15) is 5.75 Å². The first kappa shape index (κ1) is 24.5. The standard InChI is InChI=1S/C26H39NO5S/c1-18-6-7-23-25(2,3)8-5-9-26(23,4)22(18)17-33(30,31)21-15-19(14-20(28)16-21)24(29)27-10-12-32-13-11-27/h14-16,18,22-23,28H,5-13,17H2,1-4H3. The van der Waals surface area contributed by atoms with Crippen LogP contribution in [0.1, 0.15) is 70.2 Å². The summed E-state index contributed by atoms with van der Waals surface area (Å²) in [6.45, 7) is 11.0. The van der Waals surface area contributed by atoms with Crippen LogP contribution in [0.25, 0.3) is 0 Å². The summed E-state index contributed by atoms with van der Waals surface area (Å²) in [4.78, 5) is 14.6. The molecule has 1 heterocycles. The van der Waals surface area contributed by atoms with Gasteiger partial charge < -0.3 is 14.7 Å². The summed E-state index contributed by atoms with van der Waals surface area (Å²) in [7, 11) is -3.68. The van der Waals surface area contributed by atoms with E-state index in [4.69, 9.17) is 4.74 Å². The molecule has 3 fully saturated rings. The summed E-state index contributed by atoms with van der Waals surface area (Å²) in [5, 5.41) is 10.3. The van der Waals surface area contributed by atoms with E-state index in [1.54, 1.807) is 4.90 Å². The highest BCUT2D eigenvalue weighted by atomic mass is 32.2. The number of nitrogens with zero attached hydrogens (tertiary/aromatic N) is 1. The van der Waals surface area contributed by atoms with Gasteiger partial charge in [0.25, 0.3) is 5.91 Å². The van der Waals surface area contributed by atoms with Crippen molar-refractivity contribution >= 4 is 15.7 Å². The topological polar surface area (TPSA) is 83.9 Å². The van der Waals surface area contributed by atoms with Crippen molar-refractivity contribution in [2.24, 2.45) is 28.6 Å². The Morgan fingerprint density at radius 2 is 1.82 bits per heavy atom. The molecule has 4 rings (SSSR count). The lowest BCUT2D eigenvalue weighted by Crippen LogP contribution is -2.52. The first-order valence-electron chi connectivity index (χ1n) is 12.4. The Hall–Kier alpha value is -1.60. The Kier molecular flexibility index (Phi) is 6.60. The number of hydrogen-bond acceptors (Lipinski definition) is 5. The van der Waals surface area contributed by atoms with Gasteiger partial charge in [-0.05, 0) is 66.0 Å². The number of carbonyl (C=O) groups excluding carboxylic acids is 1. The van der Waals surface area contributed by atoms with Crippen LogP contribution in [0.3, 0.4) is 0 Å². The van der Waals surface area contributed by atoms with Crippen LogP contribution in [0.2, 0.25) is 0 Å². The van der Waals surface area contributed by atoms with Gasteiger partial charge in [-0.15, -0.1) is 0 Å². The molecular formula is C26H39NO5S. The van der Waals surface area contributed by atoms with Gasteiger partial charge in [-0.2, -0.15) is 0 Å². The second-order valence-corrected chi connectivity index (χ2v) is 13.5. The lowest BCUT2D eigenvalue weighted by Gasteiger charge is -2.59. The maximum atomic E-state index is 13.7. The van der Waals surface area contributed by atoms with Crippen molar-refractivity contribution in [1.82, 2.24) is 4.90 Å². The van der Waals surface area contributed by atoms with Gasteiger partial charge in [0.05, 0.1) is 23.9 Å². The molecule has 0 radical (unpaired) electrons. The van der Waals surface area contributed by atoms with Crippen molar-refractivity contribution < 1.29 is 23.1 Å². The number of sulfone groups is 1. The molecule has 7 heteroatoms. The van der Waals surface area contributed by atoms with Gasteiger partial charge in [0.2, 0.25) is 0 Å². The molecule has 3 aliphatic rings. The van der Waals surface area contributed by atoms with E-state index in [-0.39, 0.29) is 44.6 Å². The minimum atomic E-state index is -3.68. The van der Waals surface area contributed by atoms with E-state index in [9.17, 15) is 18.3 Å². The van der Waals surface area contributed by atoms with Crippen molar-refractivity contribution in [3.63, 3.8) is 0 Å². The number of phenolic OH excluding ortho intramolecular Hbond substituents is 1. The highest BCUT2D eigenvalue weighted by molar-refractivity contribution is 7.91. The van der Waals surface area contributed by atoms with E-state index in [1.165, 1.54) is 24.6 Å². The molecule has 4 atom stereocenters. The van der Waals surface area contributed by atoms with E-state index in [2.05, 4.69) is 27.7 Å². The zero-order chi connectivity index (χ0) is 24.0. The number of fused-ring (bicyclic) bond motifs is 1. The second-order valence-electron chi connectivity index (χ2n) is 11.5. The molecule has 1 N–H and O–H groups in total. The van der Waals surface area contributed by atoms with E-state index in [1.807, 2.05) is 0 Å². The molecule has 184 valence electrons. The van der Waals surface area contributed by atoms with Crippen LogP contribution in [-0.2, 0) is 14.6 Å². The number of rotatable bonds is 4. The number of hydrogen-bond donors (Lipinski definition) is 1. The van der Waals surface area contributed by atoms with E-state index >= 15 is 0 Å². The van der Waals surface area contributed by atoms with E-state index in [0.29, 0.717) is 38.1 Å². The number of ether oxygens (including phenoxy) is 1. The molecule has 1 aromatic carbocycles. The molecule has 1 amide bonds. The number of amides is 1. The molecule has 0 spiro atoms. The zero-order valence-corrected chi connectivity index (χ0v) is 21.3. The monoisotopic (exact) mass is 477 g/mol. The zero-order valence-electron chi connectivity index (χ0n) is 20.5. The summed E-state index contributed by atoms with van der Waals surface area (Å²) in [6.07, 6.45) is 5.59. The number of phenols is 1. The summed E-state index contributed by atoms with van der Waals surface area (Å²) in [5.74, 6) is 0.498. The Labute approximate surface area is 198 Å². The third-order valence-corrected chi connectivity index (χ3v) is 10.7. The van der Waals surface area contributed by atoms with Crippen molar-refractivity contribution in [3.8, 4) is 5.75 Å². The number of morpholine rings is 1. The van der Waals surface area contributed by atoms with Gasteiger partial charge in [-0.1, -0.05) is 40.5 Å². The SMILES string of the molecule is CC1CCC2C(C)(C)CCCC2(C)C1CS(=O)(=O)c1cc(O)cc(C(=O)N2CCOCC2)c1. The molecule has 2 aliphatic carbocycles. The minimum absolute atomic E-state index is 0.0181. The second kappa shape index (κ2) is 8.88. The van der Waals surface area contributed by atoms with Crippen LogP contribution in [0.5, 0.6) is 5.75 Å². The molecule has 2 saturated carbocycles. The van der Waals surface area contributed by atoms with E-state index < -0.39 is 9.84 Å². The smallest absolute Gasteiger partial charge is 0.254 e. The maximum Gasteiger partial charge on any atom is 0.254 e. The fraction of sp³-hybridized carbons (Fsp3) is 0.731. The van der Waals surface area contributed by atoms with Crippen LogP contribution in [-0.4, -0.2) is 56.4 Å². The van der Waals surface area contributed by atoms with Crippen molar-refractivity contribution in [3.05, 3.63) is 23.8 Å². The number of benzene rings is 1. The van der Waals surface area contributed by atoms with Crippen molar-refractivity contribution in [2.45, 2.75) is 64.7 Å². The normalized spacial score (nSPS) is 32.2. The summed E-state index contributed by atoms with van der Waals surface area (Å²) in [5.41, 5.74) is 0.420. The van der Waals surface area contributed by atoms with E-state index in [0.717, 1.165) is 25.7 Å². The molecule has 4 unspecified atom stereocenters. The van der Waals surface area contributed by atoms with Gasteiger partial charge >= 0.3 is 0 Å². The first-order chi connectivity index (χ1) is 15.4. The Morgan fingerprint density at radius 3 is 2.52 bits per heavy atom. The first-order valence-corrected chi connectivity index (χ1v) is 14.0. The predicted molar refractivity (Wildman–Crippen MR) is 128 cm³/mol. The van der Waals surface area contributed by atoms with Gasteiger partial charge in [-0.25, -0.2) is 8.42 Å². The Balaban J connectivity index is 1.63. The van der Waals surface area contributed by atoms with Crippen LogP contribution in [0, 0.1) is 28.6 Å². The molecule has 0 aromatic heterocycles. The fourth-order valence-electron chi connectivity index (χ4n) is 7.13. The maximum absolute atomic E-state index is 13.7. The van der Waals surface area contributed by atoms with Crippen LogP contribution in [0.4, 0.5) is 0 Å². The molecule has 0 bridgehead atoms. The van der Waals surface area contributed by atoms with Crippen molar-refractivity contribution in [1.29, 1.82) is 0 Å². The predicted octanol–water partition coefficient (Wildman–Crippen LogP) is 4.52. The number of aromatic hydroxyl groups is 1. The van der Waals surface area contributed by atoms with Crippen LogP contribution >= 0.6 is 0 Å². The van der Waals surface area contributed by atoms with Crippen molar-refractivity contribution in [2.75, 3.05) is 32.1 Å². The molecule has 1 aromatic rings. The average molecular weight is 478 g/mol. The molecule has 6 nitrogen and oxygen atoms in total. The largest absolute Gasteiger partial charge is 0.508 e. The summed E-state index contributed by atoms with van der Waals surface area (Å²) >= 11 is 0. The van der Waals surface area contributed by atoms with Gasteiger partial charge in [-0.3, -0.25) is 4.79 Å². The summed E-state index contributed by atoms with van der Waals surface area (Å²) < 4.78 is 32.7. The summed E-state index contributed by atoms with van der Waals surface area (Å²) in [6, 6.07) is 4.11. The number of carbonyl (C=O) groups is 1. The lowest BCUT2D eigenvalue weighted by molar-refractivity contribution is -0.0855. The third kappa shape index (κ3) is 4.68. The Morgan fingerprint density at radius 1 is 1.12 bits per heavy atom. The van der Waals surface area contributed by atoms with Crippen LogP contribution < -0.4 is 0 Å². The molecular weight excluding hydrogens is 438 g/mol. The average Bonchev–Trinajstić information content (AvgIpc) is 2.75. The third-order valence-electron chi connectivity index (χ3n) is 8.92. The van der Waals surface area contributed by atoms with Gasteiger partial charge in [0.15, 0.2) is 9.84 Å². The highest BCUT2D eigenvalue weighted by Crippen LogP contribution is 2.61. The fourth-order valence-corrected chi connectivity index (χ4v) is 9.11. The van der Waals surface area contributed by atoms with Gasteiger partial charge in [0, 0.05) is 18.7 Å². The highest BCUT2D eigenvalue weighted by Gasteiger charge is 2.54. The molecule has 1 saturated heterocycles. The quantitative estimate of drug-likeness (QED) is 0.689. The Bertz CT molecular complexity index is 998. The minimum Gasteiger partial charge on any atom is -0.508 e. The molecule has 1 aliphatic heterocycles.